The van der Waals surface area contributed by atoms with Gasteiger partial charge < -0.3 is 4.90 Å². The molecule has 0 saturated carbocycles. The van der Waals surface area contributed by atoms with Gasteiger partial charge in [-0.05, 0) is 38.2 Å². The Morgan fingerprint density at radius 3 is 2.50 bits per heavy atom. The van der Waals surface area contributed by atoms with Crippen molar-refractivity contribution in [1.29, 1.82) is 0 Å². The van der Waals surface area contributed by atoms with Gasteiger partial charge in [-0.25, -0.2) is 13.1 Å². The highest BCUT2D eigenvalue weighted by Gasteiger charge is 2.26. The van der Waals surface area contributed by atoms with Gasteiger partial charge in [0.1, 0.15) is 0 Å². The van der Waals surface area contributed by atoms with Crippen molar-refractivity contribution in [2.75, 3.05) is 18.8 Å². The molecule has 0 aliphatic carbocycles. The topological polar surface area (TPSA) is 66.5 Å². The number of likely N-dealkylation sites (tertiary alicyclic amines) is 1. The normalized spacial score (nSPS) is 16.7. The number of aryl methyl sites for hydroxylation is 1. The molecule has 1 saturated heterocycles. The van der Waals surface area contributed by atoms with Gasteiger partial charge in [0.25, 0.3) is 0 Å². The number of carbonyl (C=O) groups is 1. The Labute approximate surface area is 132 Å². The number of sulfonamides is 1. The van der Waals surface area contributed by atoms with Crippen molar-refractivity contribution in [2.24, 2.45) is 0 Å². The van der Waals surface area contributed by atoms with E-state index in [-0.39, 0.29) is 11.7 Å². The molecule has 0 unspecified atom stereocenters. The van der Waals surface area contributed by atoms with E-state index < -0.39 is 16.1 Å². The standard InChI is InChI=1S/C16H24N2O3S/c1-14(16(19)18-11-5-6-12-18)17-22(20,21)13-7-10-15-8-3-2-4-9-15/h2-4,8-9,14,17H,5-7,10-13H2,1H3/t14-/m0/s1. The predicted molar refractivity (Wildman–Crippen MR) is 87.0 cm³/mol. The smallest absolute Gasteiger partial charge is 0.240 e. The van der Waals surface area contributed by atoms with Crippen LogP contribution in [0.3, 0.4) is 0 Å². The number of hydrogen-bond donors (Lipinski definition) is 1. The molecule has 6 heteroatoms. The van der Waals surface area contributed by atoms with Crippen LogP contribution in [-0.2, 0) is 21.2 Å². The molecule has 5 nitrogen and oxygen atoms in total. The maximum atomic E-state index is 12.1. The molecule has 1 heterocycles. The number of benzene rings is 1. The van der Waals surface area contributed by atoms with Gasteiger partial charge in [0.2, 0.25) is 15.9 Å². The molecule has 1 aliphatic rings. The maximum absolute atomic E-state index is 12.1. The summed E-state index contributed by atoms with van der Waals surface area (Å²) in [6.45, 7) is 3.09. The van der Waals surface area contributed by atoms with Crippen molar-refractivity contribution in [3.8, 4) is 0 Å². The summed E-state index contributed by atoms with van der Waals surface area (Å²) in [5.74, 6) is -0.0800. The van der Waals surface area contributed by atoms with Crippen molar-refractivity contribution < 1.29 is 13.2 Å². The maximum Gasteiger partial charge on any atom is 0.240 e. The molecule has 1 atom stereocenters. The first-order valence-electron chi connectivity index (χ1n) is 7.81. The van der Waals surface area contributed by atoms with Gasteiger partial charge in [-0.3, -0.25) is 4.79 Å². The first-order chi connectivity index (χ1) is 10.5. The second kappa shape index (κ2) is 7.74. The van der Waals surface area contributed by atoms with E-state index in [0.29, 0.717) is 6.42 Å². The summed E-state index contributed by atoms with van der Waals surface area (Å²) >= 11 is 0. The van der Waals surface area contributed by atoms with Crippen molar-refractivity contribution >= 4 is 15.9 Å². The molecule has 0 radical (unpaired) electrons. The minimum Gasteiger partial charge on any atom is -0.341 e. The number of nitrogens with zero attached hydrogens (tertiary/aromatic N) is 1. The van der Waals surface area contributed by atoms with E-state index in [1.165, 1.54) is 0 Å². The number of nitrogens with one attached hydrogen (secondary N) is 1. The van der Waals surface area contributed by atoms with E-state index in [0.717, 1.165) is 37.9 Å². The Balaban J connectivity index is 1.78. The summed E-state index contributed by atoms with van der Waals surface area (Å²) in [5.41, 5.74) is 1.12. The summed E-state index contributed by atoms with van der Waals surface area (Å²) in [7, 11) is -3.42. The molecule has 122 valence electrons. The fourth-order valence-electron chi connectivity index (χ4n) is 2.70. The van der Waals surface area contributed by atoms with Crippen LogP contribution in [0.15, 0.2) is 30.3 Å². The summed E-state index contributed by atoms with van der Waals surface area (Å²) < 4.78 is 26.6. The van der Waals surface area contributed by atoms with Crippen molar-refractivity contribution in [1.82, 2.24) is 9.62 Å². The van der Waals surface area contributed by atoms with Crippen LogP contribution in [0, 0.1) is 0 Å². The lowest BCUT2D eigenvalue weighted by molar-refractivity contribution is -0.131. The third-order valence-electron chi connectivity index (χ3n) is 3.87. The fourth-order valence-corrected chi connectivity index (χ4v) is 3.98. The monoisotopic (exact) mass is 324 g/mol. The van der Waals surface area contributed by atoms with Crippen LogP contribution < -0.4 is 4.72 Å². The second-order valence-corrected chi connectivity index (χ2v) is 7.65. The minimum absolute atomic E-state index is 0.0412. The molecular formula is C16H24N2O3S. The molecule has 1 fully saturated rings. The van der Waals surface area contributed by atoms with Gasteiger partial charge >= 0.3 is 0 Å². The quantitative estimate of drug-likeness (QED) is 0.827. The van der Waals surface area contributed by atoms with Crippen LogP contribution >= 0.6 is 0 Å². The lowest BCUT2D eigenvalue weighted by Gasteiger charge is -2.21. The molecule has 1 amide bonds. The van der Waals surface area contributed by atoms with Gasteiger partial charge in [0.15, 0.2) is 0 Å². The predicted octanol–water partition coefficient (Wildman–Crippen LogP) is 1.55. The molecule has 1 aliphatic heterocycles. The van der Waals surface area contributed by atoms with E-state index in [1.54, 1.807) is 11.8 Å². The van der Waals surface area contributed by atoms with Gasteiger partial charge in [0, 0.05) is 13.1 Å². The summed E-state index contributed by atoms with van der Waals surface area (Å²) in [6, 6.07) is 9.12. The van der Waals surface area contributed by atoms with Gasteiger partial charge in [-0.15, -0.1) is 0 Å². The van der Waals surface area contributed by atoms with E-state index >= 15 is 0 Å². The molecule has 0 aromatic heterocycles. The van der Waals surface area contributed by atoms with Crippen LogP contribution in [0.25, 0.3) is 0 Å². The van der Waals surface area contributed by atoms with Crippen molar-refractivity contribution in [2.45, 2.75) is 38.6 Å². The van der Waals surface area contributed by atoms with Crippen molar-refractivity contribution in [3.63, 3.8) is 0 Å². The van der Waals surface area contributed by atoms with Crippen LogP contribution in [0.2, 0.25) is 0 Å². The Hall–Kier alpha value is -1.40. The Morgan fingerprint density at radius 2 is 1.86 bits per heavy atom. The highest BCUT2D eigenvalue weighted by molar-refractivity contribution is 7.89. The SMILES string of the molecule is C[C@H](NS(=O)(=O)CCCc1ccccc1)C(=O)N1CCCC1. The third kappa shape index (κ3) is 5.10. The molecule has 1 N–H and O–H groups in total. The van der Waals surface area contributed by atoms with Gasteiger partial charge in [0.05, 0.1) is 11.8 Å². The van der Waals surface area contributed by atoms with Gasteiger partial charge in [-0.1, -0.05) is 30.3 Å². The summed E-state index contributed by atoms with van der Waals surface area (Å²) in [5, 5.41) is 0. The molecule has 1 aromatic carbocycles. The number of rotatable bonds is 7. The molecule has 0 spiro atoms. The molecule has 22 heavy (non-hydrogen) atoms. The highest BCUT2D eigenvalue weighted by atomic mass is 32.2. The molecule has 1 aromatic rings. The van der Waals surface area contributed by atoms with Crippen LogP contribution in [0.5, 0.6) is 0 Å². The largest absolute Gasteiger partial charge is 0.341 e. The Morgan fingerprint density at radius 1 is 1.23 bits per heavy atom. The lowest BCUT2D eigenvalue weighted by Crippen LogP contribution is -2.46. The first kappa shape index (κ1) is 17.0. The third-order valence-corrected chi connectivity index (χ3v) is 5.40. The van der Waals surface area contributed by atoms with E-state index in [1.807, 2.05) is 30.3 Å². The molecular weight excluding hydrogens is 300 g/mol. The van der Waals surface area contributed by atoms with Crippen LogP contribution in [0.4, 0.5) is 0 Å². The molecule has 0 bridgehead atoms. The zero-order valence-corrected chi connectivity index (χ0v) is 13.8. The summed E-state index contributed by atoms with van der Waals surface area (Å²) in [6.07, 6.45) is 3.27. The van der Waals surface area contributed by atoms with Crippen LogP contribution in [0.1, 0.15) is 31.7 Å². The second-order valence-electron chi connectivity index (χ2n) is 5.78. The van der Waals surface area contributed by atoms with E-state index in [2.05, 4.69) is 4.72 Å². The van der Waals surface area contributed by atoms with Gasteiger partial charge in [-0.2, -0.15) is 0 Å². The van der Waals surface area contributed by atoms with Crippen molar-refractivity contribution in [3.05, 3.63) is 35.9 Å². The Kier molecular flexibility index (Phi) is 5.97. The number of amides is 1. The highest BCUT2D eigenvalue weighted by Crippen LogP contribution is 2.10. The zero-order valence-electron chi connectivity index (χ0n) is 13.0. The number of hydrogen-bond acceptors (Lipinski definition) is 3. The zero-order chi connectivity index (χ0) is 16.0. The lowest BCUT2D eigenvalue weighted by atomic mass is 10.1. The first-order valence-corrected chi connectivity index (χ1v) is 9.46. The average Bonchev–Trinajstić information content (AvgIpc) is 3.01. The summed E-state index contributed by atoms with van der Waals surface area (Å²) in [4.78, 5) is 13.9. The average molecular weight is 324 g/mol. The van der Waals surface area contributed by atoms with Crippen LogP contribution in [-0.4, -0.2) is 44.1 Å². The van der Waals surface area contributed by atoms with E-state index in [4.69, 9.17) is 0 Å². The molecule has 2 rings (SSSR count). The minimum atomic E-state index is -3.42. The number of carbonyl (C=O) groups excluding carboxylic acids is 1. The fraction of sp³-hybridized carbons (Fsp3) is 0.562. The van der Waals surface area contributed by atoms with E-state index in [9.17, 15) is 13.2 Å². The Bertz CT molecular complexity index is 581.